The molecular formula is C27H26OZr. The molecule has 0 aliphatic heterocycles. The third-order valence-electron chi connectivity index (χ3n) is 5.18. The van der Waals surface area contributed by atoms with Gasteiger partial charge >= 0.3 is 180 Å². The summed E-state index contributed by atoms with van der Waals surface area (Å²) in [4.78, 5) is 0. The summed E-state index contributed by atoms with van der Waals surface area (Å²) in [7, 11) is 0. The summed E-state index contributed by atoms with van der Waals surface area (Å²) >= 11 is -3.22. The number of rotatable bonds is 8. The predicted molar refractivity (Wildman–Crippen MR) is 118 cm³/mol. The molecule has 2 heteroatoms. The minimum atomic E-state index is -3.22. The Morgan fingerprint density at radius 3 is 1.07 bits per heavy atom. The van der Waals surface area contributed by atoms with Crippen molar-refractivity contribution in [2.45, 2.75) is 12.4 Å². The van der Waals surface area contributed by atoms with Crippen LogP contribution in [-0.4, -0.2) is 0 Å². The van der Waals surface area contributed by atoms with Crippen molar-refractivity contribution in [3.8, 4) is 5.75 Å². The summed E-state index contributed by atoms with van der Waals surface area (Å²) < 4.78 is 10.2. The second-order valence-corrected chi connectivity index (χ2v) is 16.5. The van der Waals surface area contributed by atoms with Crippen molar-refractivity contribution in [2.24, 2.45) is 0 Å². The zero-order valence-corrected chi connectivity index (χ0v) is 19.0. The molecule has 0 fully saturated rings. The molecule has 29 heavy (non-hydrogen) atoms. The standard InChI is InChI=1S/3C7H7.C6H6O.Zr/c3*1-7-5-3-2-4-6-7;7-6-4-2-1-3-5-6;/h3*2-6H,1H2;1-5,7H;/q;;;;+1/p-1. The van der Waals surface area contributed by atoms with Crippen LogP contribution in [0.4, 0.5) is 0 Å². The van der Waals surface area contributed by atoms with E-state index in [0.29, 0.717) is 0 Å². The fraction of sp³-hybridized carbons (Fsp3) is 0.111. The van der Waals surface area contributed by atoms with Crippen molar-refractivity contribution in [2.75, 3.05) is 0 Å². The fourth-order valence-corrected chi connectivity index (χ4v) is 14.2. The third kappa shape index (κ3) is 5.78. The average molecular weight is 458 g/mol. The third-order valence-corrected chi connectivity index (χ3v) is 14.6. The number of para-hydroxylation sites is 1. The molecule has 0 aliphatic carbocycles. The van der Waals surface area contributed by atoms with E-state index in [1.165, 1.54) is 16.7 Å². The van der Waals surface area contributed by atoms with Gasteiger partial charge in [0.1, 0.15) is 0 Å². The Hall–Kier alpha value is -2.44. The maximum absolute atomic E-state index is 7.02. The molecule has 0 aromatic heterocycles. The van der Waals surface area contributed by atoms with Crippen LogP contribution in [0.25, 0.3) is 0 Å². The van der Waals surface area contributed by atoms with E-state index in [2.05, 4.69) is 121 Å². The molecule has 0 radical (unpaired) electrons. The summed E-state index contributed by atoms with van der Waals surface area (Å²) in [5.41, 5.74) is 4.14. The predicted octanol–water partition coefficient (Wildman–Crippen LogP) is 6.73. The SMILES string of the molecule is c1ccc([CH2][Zr]([CH2]c2ccccc2)([CH2]c2ccccc2)[O]c2ccccc2)cc1. The van der Waals surface area contributed by atoms with Crippen molar-refractivity contribution in [3.05, 3.63) is 138 Å². The molecule has 0 N–H and O–H groups in total. The van der Waals surface area contributed by atoms with Gasteiger partial charge in [-0.1, -0.05) is 0 Å². The fourth-order valence-electron chi connectivity index (χ4n) is 3.94. The molecule has 0 heterocycles. The minimum absolute atomic E-state index is 1.01. The first kappa shape index (κ1) is 19.9. The summed E-state index contributed by atoms with van der Waals surface area (Å²) in [5.74, 6) is 1.01. The molecule has 0 spiro atoms. The Kier molecular flexibility index (Phi) is 6.75. The molecule has 4 aromatic rings. The van der Waals surface area contributed by atoms with Gasteiger partial charge in [0.05, 0.1) is 0 Å². The van der Waals surface area contributed by atoms with Crippen molar-refractivity contribution >= 4 is 0 Å². The first-order valence-electron chi connectivity index (χ1n) is 10.2. The Labute approximate surface area is 179 Å². The van der Waals surface area contributed by atoms with E-state index in [-0.39, 0.29) is 0 Å². The van der Waals surface area contributed by atoms with Crippen LogP contribution in [0.1, 0.15) is 16.7 Å². The summed E-state index contributed by atoms with van der Waals surface area (Å²) in [6.07, 6.45) is 0. The Bertz CT molecular complexity index is 814. The van der Waals surface area contributed by atoms with Crippen LogP contribution in [0, 0.1) is 0 Å². The van der Waals surface area contributed by atoms with Crippen molar-refractivity contribution in [3.63, 3.8) is 0 Å². The van der Waals surface area contributed by atoms with Crippen LogP contribution in [0.15, 0.2) is 121 Å². The van der Waals surface area contributed by atoms with Gasteiger partial charge in [-0.15, -0.1) is 0 Å². The molecule has 0 saturated carbocycles. The molecule has 0 aliphatic rings. The Balaban J connectivity index is 1.75. The van der Waals surface area contributed by atoms with Gasteiger partial charge in [-0.05, 0) is 0 Å². The average Bonchev–Trinajstić information content (AvgIpc) is 2.76. The van der Waals surface area contributed by atoms with Gasteiger partial charge in [0.2, 0.25) is 0 Å². The van der Waals surface area contributed by atoms with Crippen LogP contribution < -0.4 is 2.81 Å². The second kappa shape index (κ2) is 9.85. The molecule has 4 rings (SSSR count). The van der Waals surface area contributed by atoms with Gasteiger partial charge in [-0.2, -0.15) is 0 Å². The van der Waals surface area contributed by atoms with Gasteiger partial charge in [0, 0.05) is 0 Å². The molecule has 1 nitrogen and oxygen atoms in total. The summed E-state index contributed by atoms with van der Waals surface area (Å²) in [5, 5.41) is 0. The van der Waals surface area contributed by atoms with E-state index in [1.54, 1.807) is 0 Å². The van der Waals surface area contributed by atoms with Crippen LogP contribution in [-0.2, 0) is 33.1 Å². The van der Waals surface area contributed by atoms with Gasteiger partial charge in [-0.3, -0.25) is 0 Å². The normalized spacial score (nSPS) is 11.2. The van der Waals surface area contributed by atoms with E-state index in [1.807, 2.05) is 0 Å². The van der Waals surface area contributed by atoms with E-state index >= 15 is 0 Å². The van der Waals surface area contributed by atoms with Crippen LogP contribution in [0.5, 0.6) is 5.75 Å². The van der Waals surface area contributed by atoms with Gasteiger partial charge < -0.3 is 0 Å². The van der Waals surface area contributed by atoms with Crippen LogP contribution in [0.3, 0.4) is 0 Å². The van der Waals surface area contributed by atoms with Crippen molar-refractivity contribution in [1.29, 1.82) is 0 Å². The van der Waals surface area contributed by atoms with Gasteiger partial charge in [0.25, 0.3) is 0 Å². The monoisotopic (exact) mass is 456 g/mol. The van der Waals surface area contributed by atoms with Gasteiger partial charge in [-0.25, -0.2) is 0 Å². The number of hydrogen-bond donors (Lipinski definition) is 0. The van der Waals surface area contributed by atoms with E-state index in [4.69, 9.17) is 2.81 Å². The summed E-state index contributed by atoms with van der Waals surface area (Å²) in [6.45, 7) is 0. The molecule has 0 saturated heterocycles. The van der Waals surface area contributed by atoms with E-state index in [9.17, 15) is 0 Å². The number of hydrogen-bond acceptors (Lipinski definition) is 1. The van der Waals surface area contributed by atoms with Crippen LogP contribution in [0.2, 0.25) is 0 Å². The number of benzene rings is 4. The molecule has 0 atom stereocenters. The van der Waals surface area contributed by atoms with Crippen molar-refractivity contribution in [1.82, 2.24) is 0 Å². The molecule has 4 aromatic carbocycles. The van der Waals surface area contributed by atoms with Crippen LogP contribution >= 0.6 is 0 Å². The zero-order chi connectivity index (χ0) is 19.8. The molecular weight excluding hydrogens is 432 g/mol. The first-order chi connectivity index (χ1) is 14.3. The van der Waals surface area contributed by atoms with E-state index in [0.717, 1.165) is 18.1 Å². The zero-order valence-electron chi connectivity index (χ0n) is 16.6. The second-order valence-electron chi connectivity index (χ2n) is 7.59. The molecule has 0 bridgehead atoms. The van der Waals surface area contributed by atoms with Crippen molar-refractivity contribution < 1.29 is 23.5 Å². The van der Waals surface area contributed by atoms with Gasteiger partial charge in [0.15, 0.2) is 0 Å². The quantitative estimate of drug-likeness (QED) is 0.285. The molecule has 0 unspecified atom stereocenters. The summed E-state index contributed by atoms with van der Waals surface area (Å²) in [6, 6.07) is 43.0. The first-order valence-corrected chi connectivity index (χ1v) is 16.4. The Morgan fingerprint density at radius 1 is 0.414 bits per heavy atom. The maximum atomic E-state index is 7.02. The topological polar surface area (TPSA) is 9.23 Å². The molecule has 0 amide bonds. The van der Waals surface area contributed by atoms with E-state index < -0.39 is 20.7 Å². The molecule has 144 valence electrons. The Morgan fingerprint density at radius 2 is 0.724 bits per heavy atom.